The highest BCUT2D eigenvalue weighted by Gasteiger charge is 2.35. The highest BCUT2D eigenvalue weighted by atomic mass is 35.5. The predicted molar refractivity (Wildman–Crippen MR) is 166 cm³/mol. The first-order valence-electron chi connectivity index (χ1n) is 13.0. The van der Waals surface area contributed by atoms with Gasteiger partial charge in [-0.2, -0.15) is 0 Å². The average Bonchev–Trinajstić information content (AvgIpc) is 2.94. The Kier molecular flexibility index (Phi) is 11.8. The maximum Gasteiger partial charge on any atom is 0.264 e. The van der Waals surface area contributed by atoms with Crippen molar-refractivity contribution in [2.24, 2.45) is 0 Å². The fourth-order valence-electron chi connectivity index (χ4n) is 4.12. The van der Waals surface area contributed by atoms with E-state index in [4.69, 9.17) is 46.4 Å². The molecule has 0 aliphatic heterocycles. The lowest BCUT2D eigenvalue weighted by molar-refractivity contribution is -0.140. The van der Waals surface area contributed by atoms with Gasteiger partial charge in [0.25, 0.3) is 10.0 Å². The van der Waals surface area contributed by atoms with E-state index in [0.29, 0.717) is 22.0 Å². The molecule has 41 heavy (non-hydrogen) atoms. The largest absolute Gasteiger partial charge is 0.352 e. The zero-order valence-corrected chi connectivity index (χ0v) is 26.6. The molecule has 0 bridgehead atoms. The second kappa shape index (κ2) is 14.6. The van der Waals surface area contributed by atoms with E-state index in [1.807, 2.05) is 13.8 Å². The van der Waals surface area contributed by atoms with E-state index in [1.165, 1.54) is 35.2 Å². The number of benzene rings is 3. The van der Waals surface area contributed by atoms with Crippen molar-refractivity contribution in [3.63, 3.8) is 0 Å². The van der Waals surface area contributed by atoms with Crippen molar-refractivity contribution in [2.75, 3.05) is 10.8 Å². The first-order chi connectivity index (χ1) is 19.4. The number of sulfonamides is 1. The summed E-state index contributed by atoms with van der Waals surface area (Å²) in [5, 5.41) is 3.83. The molecular weight excluding hydrogens is 628 g/mol. The van der Waals surface area contributed by atoms with Crippen molar-refractivity contribution in [3.05, 3.63) is 92.4 Å². The van der Waals surface area contributed by atoms with Crippen molar-refractivity contribution in [1.29, 1.82) is 0 Å². The SMILES string of the molecule is CC[C@H](C)NC(=O)[C@H](CC)N(Cc1c(Cl)cccc1Cl)C(=O)CN(c1cc(Cl)ccc1Cl)S(=O)(=O)c1ccccc1. The fourth-order valence-corrected chi connectivity index (χ4v) is 6.52. The topological polar surface area (TPSA) is 86.8 Å². The van der Waals surface area contributed by atoms with Crippen molar-refractivity contribution in [3.8, 4) is 0 Å². The van der Waals surface area contributed by atoms with Crippen LogP contribution < -0.4 is 9.62 Å². The van der Waals surface area contributed by atoms with Gasteiger partial charge in [-0.3, -0.25) is 13.9 Å². The van der Waals surface area contributed by atoms with Gasteiger partial charge in [0, 0.05) is 33.2 Å². The molecule has 220 valence electrons. The normalized spacial score (nSPS) is 12.9. The molecule has 0 heterocycles. The van der Waals surface area contributed by atoms with Gasteiger partial charge >= 0.3 is 0 Å². The van der Waals surface area contributed by atoms with Crippen LogP contribution in [0.3, 0.4) is 0 Å². The molecule has 0 aliphatic rings. The fraction of sp³-hybridized carbons (Fsp3) is 0.310. The summed E-state index contributed by atoms with van der Waals surface area (Å²) in [6.45, 7) is 4.75. The lowest BCUT2D eigenvalue weighted by Gasteiger charge is -2.34. The number of nitrogens with one attached hydrogen (secondary N) is 1. The molecule has 0 fully saturated rings. The Morgan fingerprint density at radius 1 is 0.854 bits per heavy atom. The van der Waals surface area contributed by atoms with E-state index in [-0.39, 0.29) is 45.5 Å². The van der Waals surface area contributed by atoms with Gasteiger partial charge in [-0.05, 0) is 62.2 Å². The first kappa shape index (κ1) is 33.0. The van der Waals surface area contributed by atoms with Gasteiger partial charge in [0.1, 0.15) is 12.6 Å². The van der Waals surface area contributed by atoms with Gasteiger partial charge in [0.15, 0.2) is 0 Å². The van der Waals surface area contributed by atoms with Crippen LogP contribution in [0.2, 0.25) is 20.1 Å². The van der Waals surface area contributed by atoms with Crippen LogP contribution in [0, 0.1) is 0 Å². The summed E-state index contributed by atoms with van der Waals surface area (Å²) in [4.78, 5) is 28.8. The molecule has 0 radical (unpaired) electrons. The van der Waals surface area contributed by atoms with E-state index in [9.17, 15) is 18.0 Å². The molecule has 7 nitrogen and oxygen atoms in total. The molecule has 3 rings (SSSR count). The minimum absolute atomic E-state index is 0.0178. The van der Waals surface area contributed by atoms with Crippen LogP contribution >= 0.6 is 46.4 Å². The van der Waals surface area contributed by atoms with Crippen LogP contribution in [-0.4, -0.2) is 43.8 Å². The molecule has 0 aromatic heterocycles. The Hall–Kier alpha value is -2.49. The quantitative estimate of drug-likeness (QED) is 0.223. The van der Waals surface area contributed by atoms with Gasteiger partial charge in [-0.1, -0.05) is 84.5 Å². The van der Waals surface area contributed by atoms with Crippen LogP contribution in [0.1, 0.15) is 39.2 Å². The third-order valence-electron chi connectivity index (χ3n) is 6.56. The molecule has 12 heteroatoms. The summed E-state index contributed by atoms with van der Waals surface area (Å²) in [6.07, 6.45) is 0.933. The van der Waals surface area contributed by atoms with Crippen molar-refractivity contribution in [1.82, 2.24) is 10.2 Å². The Bertz CT molecular complexity index is 1470. The zero-order chi connectivity index (χ0) is 30.3. The number of rotatable bonds is 12. The molecule has 2 amide bonds. The first-order valence-corrected chi connectivity index (χ1v) is 15.9. The molecule has 3 aromatic rings. The van der Waals surface area contributed by atoms with Gasteiger partial charge in [0.05, 0.1) is 15.6 Å². The lowest BCUT2D eigenvalue weighted by Crippen LogP contribution is -2.53. The molecular formula is C29H31Cl4N3O4S. The summed E-state index contributed by atoms with van der Waals surface area (Å²) in [6, 6.07) is 15.8. The number of hydrogen-bond acceptors (Lipinski definition) is 4. The monoisotopic (exact) mass is 657 g/mol. The molecule has 0 unspecified atom stereocenters. The number of anilines is 1. The Labute approximate surface area is 261 Å². The zero-order valence-electron chi connectivity index (χ0n) is 22.8. The minimum atomic E-state index is -4.30. The van der Waals surface area contributed by atoms with Crippen molar-refractivity contribution >= 4 is 73.9 Å². The highest BCUT2D eigenvalue weighted by Crippen LogP contribution is 2.34. The van der Waals surface area contributed by atoms with Crippen LogP contribution in [0.15, 0.2) is 71.6 Å². The van der Waals surface area contributed by atoms with Gasteiger partial charge < -0.3 is 10.2 Å². The predicted octanol–water partition coefficient (Wildman–Crippen LogP) is 7.22. The van der Waals surface area contributed by atoms with E-state index in [1.54, 1.807) is 43.3 Å². The van der Waals surface area contributed by atoms with Crippen LogP contribution in [0.25, 0.3) is 0 Å². The summed E-state index contributed by atoms with van der Waals surface area (Å²) in [5.74, 6) is -1.04. The van der Waals surface area contributed by atoms with Gasteiger partial charge in [-0.15, -0.1) is 0 Å². The summed E-state index contributed by atoms with van der Waals surface area (Å²) >= 11 is 25.5. The van der Waals surface area contributed by atoms with Gasteiger partial charge in [-0.25, -0.2) is 8.42 Å². The van der Waals surface area contributed by atoms with Gasteiger partial charge in [0.2, 0.25) is 11.8 Å². The number of amides is 2. The number of carbonyl (C=O) groups is 2. The highest BCUT2D eigenvalue weighted by molar-refractivity contribution is 7.92. The molecule has 3 aromatic carbocycles. The Morgan fingerprint density at radius 3 is 2.07 bits per heavy atom. The maximum absolute atomic E-state index is 14.2. The standard InChI is InChI=1S/C29H31Cl4N3O4S/c1-4-19(3)34-29(38)26(5-2)35(17-22-23(31)12-9-13-24(22)32)28(37)18-36(27-16-20(30)14-15-25(27)33)41(39,40)21-10-7-6-8-11-21/h6-16,19,26H,4-5,17-18H2,1-3H3,(H,34,38)/t19-,26-/m0/s1. The number of nitrogens with zero attached hydrogens (tertiary/aromatic N) is 2. The van der Waals surface area contributed by atoms with Crippen molar-refractivity contribution < 1.29 is 18.0 Å². The third kappa shape index (κ3) is 8.08. The molecule has 1 N–H and O–H groups in total. The van der Waals surface area contributed by atoms with E-state index >= 15 is 0 Å². The number of hydrogen-bond donors (Lipinski definition) is 1. The second-order valence-electron chi connectivity index (χ2n) is 9.38. The summed E-state index contributed by atoms with van der Waals surface area (Å²) in [5.41, 5.74) is 0.446. The molecule has 0 spiro atoms. The Balaban J connectivity index is 2.13. The Morgan fingerprint density at radius 2 is 1.49 bits per heavy atom. The smallest absolute Gasteiger partial charge is 0.264 e. The van der Waals surface area contributed by atoms with Crippen LogP contribution in [0.5, 0.6) is 0 Å². The lowest BCUT2D eigenvalue weighted by atomic mass is 10.1. The molecule has 2 atom stereocenters. The third-order valence-corrected chi connectivity index (χ3v) is 9.60. The molecule has 0 aliphatic carbocycles. The summed E-state index contributed by atoms with van der Waals surface area (Å²) < 4.78 is 28.7. The number of carbonyl (C=O) groups excluding carboxylic acids is 2. The molecule has 0 saturated heterocycles. The van der Waals surface area contributed by atoms with Crippen LogP contribution in [-0.2, 0) is 26.2 Å². The summed E-state index contributed by atoms with van der Waals surface area (Å²) in [7, 11) is -4.30. The van der Waals surface area contributed by atoms with E-state index in [0.717, 1.165) is 4.31 Å². The van der Waals surface area contributed by atoms with E-state index in [2.05, 4.69) is 5.32 Å². The second-order valence-corrected chi connectivity index (χ2v) is 12.9. The van der Waals surface area contributed by atoms with E-state index < -0.39 is 28.5 Å². The molecule has 0 saturated carbocycles. The maximum atomic E-state index is 14.2. The van der Waals surface area contributed by atoms with Crippen molar-refractivity contribution in [2.45, 2.75) is 57.1 Å². The van der Waals surface area contributed by atoms with Crippen LogP contribution in [0.4, 0.5) is 5.69 Å². The minimum Gasteiger partial charge on any atom is -0.352 e. The average molecular weight is 659 g/mol. The number of halogens is 4.